The van der Waals surface area contributed by atoms with E-state index in [-0.39, 0.29) is 41.7 Å². The van der Waals surface area contributed by atoms with Crippen LogP contribution in [0.5, 0.6) is 0 Å². The Hall–Kier alpha value is -1.97. The average Bonchev–Trinajstić information content (AvgIpc) is 2.69. The number of hydrogen-bond acceptors (Lipinski definition) is 4. The van der Waals surface area contributed by atoms with E-state index in [0.29, 0.717) is 6.42 Å². The van der Waals surface area contributed by atoms with Gasteiger partial charge in [-0.15, -0.1) is 0 Å². The fraction of sp³-hybridized carbons (Fsp3) is 0.591. The van der Waals surface area contributed by atoms with Crippen LogP contribution in [-0.4, -0.2) is 22.5 Å². The topological polar surface area (TPSA) is 71.4 Å². The maximum Gasteiger partial charge on any atom is 0.174 e. The number of aliphatic hydroxyl groups is 1. The molecule has 1 unspecified atom stereocenters. The first-order valence-corrected chi connectivity index (χ1v) is 9.24. The summed E-state index contributed by atoms with van der Waals surface area (Å²) < 4.78 is 0. The van der Waals surface area contributed by atoms with Gasteiger partial charge in [0.2, 0.25) is 0 Å². The number of Topliss-reactive ketones (excluding diaryl/α,β-unsaturated/α-hetero) is 3. The lowest BCUT2D eigenvalue weighted by Crippen LogP contribution is -2.36. The third-order valence-corrected chi connectivity index (χ3v) is 4.90. The molecular formula is C22H32O4. The van der Waals surface area contributed by atoms with Crippen LogP contribution >= 0.6 is 0 Å². The molecule has 4 heteroatoms. The van der Waals surface area contributed by atoms with Gasteiger partial charge in [-0.2, -0.15) is 0 Å². The molecule has 0 radical (unpaired) electrons. The van der Waals surface area contributed by atoms with E-state index in [2.05, 4.69) is 0 Å². The van der Waals surface area contributed by atoms with Gasteiger partial charge in [0.15, 0.2) is 17.3 Å². The number of carbonyl (C=O) groups excluding carboxylic acids is 3. The summed E-state index contributed by atoms with van der Waals surface area (Å²) in [5.41, 5.74) is 0.501. The van der Waals surface area contributed by atoms with Crippen LogP contribution in [0.4, 0.5) is 0 Å². The molecule has 0 saturated heterocycles. The molecule has 1 aliphatic carbocycles. The number of carbonyl (C=O) groups is 3. The van der Waals surface area contributed by atoms with Crippen LogP contribution < -0.4 is 0 Å². The summed E-state index contributed by atoms with van der Waals surface area (Å²) in [6.07, 6.45) is 4.32. The van der Waals surface area contributed by atoms with E-state index in [1.165, 1.54) is 0 Å². The monoisotopic (exact) mass is 360 g/mol. The Balaban J connectivity index is 3.41. The van der Waals surface area contributed by atoms with Crippen molar-refractivity contribution in [3.8, 4) is 0 Å². The van der Waals surface area contributed by atoms with Gasteiger partial charge in [0.25, 0.3) is 0 Å². The second kappa shape index (κ2) is 8.61. The Morgan fingerprint density at radius 1 is 1.12 bits per heavy atom. The molecule has 0 aromatic rings. The summed E-state index contributed by atoms with van der Waals surface area (Å²) in [6.45, 7) is 13.0. The van der Waals surface area contributed by atoms with E-state index < -0.39 is 17.1 Å². The van der Waals surface area contributed by atoms with E-state index in [9.17, 15) is 19.5 Å². The number of hydrogen-bond donors (Lipinski definition) is 1. The summed E-state index contributed by atoms with van der Waals surface area (Å²) in [4.78, 5) is 38.5. The van der Waals surface area contributed by atoms with Crippen molar-refractivity contribution in [2.75, 3.05) is 0 Å². The summed E-state index contributed by atoms with van der Waals surface area (Å²) in [7, 11) is 0. The molecule has 0 bridgehead atoms. The first-order chi connectivity index (χ1) is 11.9. The highest BCUT2D eigenvalue weighted by molar-refractivity contribution is 6.25. The molecule has 0 saturated carbocycles. The highest BCUT2D eigenvalue weighted by Crippen LogP contribution is 2.48. The number of ketones is 3. The van der Waals surface area contributed by atoms with E-state index in [0.717, 1.165) is 11.1 Å². The van der Waals surface area contributed by atoms with Gasteiger partial charge in [0.05, 0.1) is 11.0 Å². The van der Waals surface area contributed by atoms with Gasteiger partial charge in [0, 0.05) is 18.8 Å². The van der Waals surface area contributed by atoms with Crippen LogP contribution in [0.3, 0.4) is 0 Å². The third-order valence-electron chi connectivity index (χ3n) is 4.90. The van der Waals surface area contributed by atoms with Gasteiger partial charge < -0.3 is 5.11 Å². The molecule has 0 aliphatic heterocycles. The van der Waals surface area contributed by atoms with Crippen LogP contribution in [0.15, 0.2) is 34.6 Å². The van der Waals surface area contributed by atoms with Gasteiger partial charge in [0.1, 0.15) is 5.76 Å². The lowest BCUT2D eigenvalue weighted by atomic mass is 9.72. The lowest BCUT2D eigenvalue weighted by molar-refractivity contribution is -0.133. The summed E-state index contributed by atoms with van der Waals surface area (Å²) in [5.74, 6) is -2.01. The molecule has 1 rings (SSSR count). The van der Waals surface area contributed by atoms with Gasteiger partial charge in [-0.25, -0.2) is 0 Å². The molecule has 4 nitrogen and oxygen atoms in total. The Morgan fingerprint density at radius 2 is 1.65 bits per heavy atom. The average molecular weight is 360 g/mol. The van der Waals surface area contributed by atoms with Crippen molar-refractivity contribution < 1.29 is 19.5 Å². The minimum atomic E-state index is -1.35. The largest absolute Gasteiger partial charge is 0.510 e. The SMILES string of the molecule is CC(C)=CCC(=O)[C@@]1(C)C(O)=C(C(=O)CC(C)C)C(=O)C1CC=C(C)C. The summed E-state index contributed by atoms with van der Waals surface area (Å²) in [6, 6.07) is 0. The molecule has 0 spiro atoms. The zero-order valence-corrected chi connectivity index (χ0v) is 17.1. The molecular weight excluding hydrogens is 328 g/mol. The Bertz CT molecular complexity index is 683. The molecule has 1 aliphatic rings. The summed E-state index contributed by atoms with van der Waals surface area (Å²) in [5, 5.41) is 10.8. The van der Waals surface area contributed by atoms with Crippen LogP contribution in [0.25, 0.3) is 0 Å². The van der Waals surface area contributed by atoms with Gasteiger partial charge in [-0.05, 0) is 47.0 Å². The van der Waals surface area contributed by atoms with Crippen LogP contribution in [0, 0.1) is 17.3 Å². The molecule has 0 aromatic carbocycles. The smallest absolute Gasteiger partial charge is 0.174 e. The Labute approximate surface area is 157 Å². The minimum Gasteiger partial charge on any atom is -0.510 e. The van der Waals surface area contributed by atoms with Crippen molar-refractivity contribution in [2.24, 2.45) is 17.3 Å². The molecule has 0 aromatic heterocycles. The van der Waals surface area contributed by atoms with E-state index in [1.807, 2.05) is 47.6 Å². The van der Waals surface area contributed by atoms with Gasteiger partial charge in [-0.3, -0.25) is 14.4 Å². The standard InChI is InChI=1S/C22H32O4/c1-13(2)8-10-16-20(25)19(17(23)12-15(5)6)21(26)22(16,7)18(24)11-9-14(3)4/h8-9,15-16,26H,10-12H2,1-7H3/t16?,22-/m0/s1. The molecule has 1 N–H and O–H groups in total. The van der Waals surface area contributed by atoms with Crippen LogP contribution in [0.1, 0.15) is 67.7 Å². The van der Waals surface area contributed by atoms with Crippen LogP contribution in [-0.2, 0) is 14.4 Å². The van der Waals surface area contributed by atoms with Crippen molar-refractivity contribution in [3.63, 3.8) is 0 Å². The highest BCUT2D eigenvalue weighted by atomic mass is 16.3. The number of rotatable bonds is 8. The zero-order valence-electron chi connectivity index (χ0n) is 17.1. The third kappa shape index (κ3) is 4.60. The highest BCUT2D eigenvalue weighted by Gasteiger charge is 2.55. The van der Waals surface area contributed by atoms with Crippen LogP contribution in [0.2, 0.25) is 0 Å². The molecule has 26 heavy (non-hydrogen) atoms. The lowest BCUT2D eigenvalue weighted by Gasteiger charge is -2.28. The van der Waals surface area contributed by atoms with Crippen molar-refractivity contribution in [3.05, 3.63) is 34.6 Å². The first kappa shape index (κ1) is 22.1. The maximum atomic E-state index is 13.0. The molecule has 2 atom stereocenters. The van der Waals surface area contributed by atoms with E-state index in [4.69, 9.17) is 0 Å². The number of aliphatic hydroxyl groups excluding tert-OH is 1. The van der Waals surface area contributed by atoms with E-state index >= 15 is 0 Å². The normalized spacial score (nSPS) is 22.6. The first-order valence-electron chi connectivity index (χ1n) is 9.24. The predicted molar refractivity (Wildman–Crippen MR) is 104 cm³/mol. The van der Waals surface area contributed by atoms with Crippen molar-refractivity contribution in [2.45, 2.75) is 67.7 Å². The van der Waals surface area contributed by atoms with Crippen molar-refractivity contribution >= 4 is 17.3 Å². The second-order valence-corrected chi connectivity index (χ2v) is 8.29. The molecule has 0 amide bonds. The fourth-order valence-electron chi connectivity index (χ4n) is 3.25. The molecule has 0 fully saturated rings. The molecule has 144 valence electrons. The second-order valence-electron chi connectivity index (χ2n) is 8.29. The zero-order chi connectivity index (χ0) is 20.2. The summed E-state index contributed by atoms with van der Waals surface area (Å²) >= 11 is 0. The van der Waals surface area contributed by atoms with E-state index in [1.54, 1.807) is 13.0 Å². The quantitative estimate of drug-likeness (QED) is 0.493. The Kier molecular flexibility index (Phi) is 7.31. The number of allylic oxidation sites excluding steroid dienone is 6. The fourth-order valence-corrected chi connectivity index (χ4v) is 3.25. The maximum absolute atomic E-state index is 13.0. The molecule has 0 heterocycles. The van der Waals surface area contributed by atoms with Gasteiger partial charge in [-0.1, -0.05) is 37.1 Å². The van der Waals surface area contributed by atoms with Crippen molar-refractivity contribution in [1.29, 1.82) is 0 Å². The predicted octanol–water partition coefficient (Wildman–Crippen LogP) is 4.90. The van der Waals surface area contributed by atoms with Gasteiger partial charge >= 0.3 is 0 Å². The minimum absolute atomic E-state index is 0.0695. The Morgan fingerprint density at radius 3 is 2.12 bits per heavy atom. The van der Waals surface area contributed by atoms with Crippen molar-refractivity contribution in [1.82, 2.24) is 0 Å².